The lowest BCUT2D eigenvalue weighted by Gasteiger charge is -2.26. The summed E-state index contributed by atoms with van der Waals surface area (Å²) in [6, 6.07) is 4.38. The molecule has 0 aliphatic carbocycles. The lowest BCUT2D eigenvalue weighted by atomic mass is 10.2. The highest BCUT2D eigenvalue weighted by molar-refractivity contribution is 7.91. The minimum absolute atomic E-state index is 0.0166. The summed E-state index contributed by atoms with van der Waals surface area (Å²) in [5.41, 5.74) is 0.320. The first-order valence-corrected chi connectivity index (χ1v) is 10.5. The Morgan fingerprint density at radius 1 is 1.27 bits per heavy atom. The van der Waals surface area contributed by atoms with Crippen molar-refractivity contribution in [1.82, 2.24) is 20.1 Å². The van der Waals surface area contributed by atoms with E-state index in [1.807, 2.05) is 19.0 Å². The van der Waals surface area contributed by atoms with Gasteiger partial charge in [0.2, 0.25) is 0 Å². The summed E-state index contributed by atoms with van der Waals surface area (Å²) in [7, 11) is 0.730. The molecule has 1 saturated heterocycles. The zero-order chi connectivity index (χ0) is 19.3. The van der Waals surface area contributed by atoms with E-state index in [-0.39, 0.29) is 40.7 Å². The van der Waals surface area contributed by atoms with Gasteiger partial charge < -0.3 is 15.1 Å². The van der Waals surface area contributed by atoms with Crippen LogP contribution in [0, 0.1) is 0 Å². The van der Waals surface area contributed by atoms with E-state index in [1.165, 1.54) is 4.90 Å². The van der Waals surface area contributed by atoms with Gasteiger partial charge in [0.15, 0.2) is 9.84 Å². The maximum Gasteiger partial charge on any atom is 0.272 e. The molecule has 1 aromatic rings. The summed E-state index contributed by atoms with van der Waals surface area (Å²) in [4.78, 5) is 32.6. The highest BCUT2D eigenvalue weighted by Crippen LogP contribution is 2.19. The predicted molar refractivity (Wildman–Crippen MR) is 98.9 cm³/mol. The number of sulfone groups is 1. The summed E-state index contributed by atoms with van der Waals surface area (Å²) in [5, 5.41) is 2.76. The van der Waals surface area contributed by atoms with Gasteiger partial charge >= 0.3 is 0 Å². The highest BCUT2D eigenvalue weighted by Gasteiger charge is 2.34. The number of nitrogens with one attached hydrogen (secondary N) is 1. The number of carbonyl (C=O) groups is 2. The minimum atomic E-state index is -3.09. The van der Waals surface area contributed by atoms with E-state index in [2.05, 4.69) is 10.3 Å². The van der Waals surface area contributed by atoms with Crippen molar-refractivity contribution in [2.24, 2.45) is 0 Å². The fourth-order valence-corrected chi connectivity index (χ4v) is 4.63. The monoisotopic (exact) mass is 382 g/mol. The second-order valence-electron chi connectivity index (χ2n) is 6.62. The molecular weight excluding hydrogens is 356 g/mol. The Balaban J connectivity index is 2.10. The van der Waals surface area contributed by atoms with Crippen LogP contribution in [-0.2, 0) is 9.84 Å². The molecule has 1 aliphatic rings. The molecule has 0 saturated carbocycles. The molecule has 0 spiro atoms. The van der Waals surface area contributed by atoms with Gasteiger partial charge in [0.05, 0.1) is 11.5 Å². The molecule has 144 valence electrons. The van der Waals surface area contributed by atoms with Gasteiger partial charge in [-0.1, -0.05) is 6.07 Å². The molecule has 1 atom stereocenters. The normalized spacial score (nSPS) is 18.7. The minimum Gasteiger partial charge on any atom is -0.349 e. The first kappa shape index (κ1) is 20.3. The number of nitrogens with zero attached hydrogens (tertiary/aromatic N) is 3. The van der Waals surface area contributed by atoms with Crippen LogP contribution in [0.2, 0.25) is 0 Å². The Hall–Kier alpha value is -2.00. The number of aromatic nitrogens is 1. The number of rotatable bonds is 7. The molecule has 0 radical (unpaired) electrons. The average Bonchev–Trinajstić information content (AvgIpc) is 2.94. The van der Waals surface area contributed by atoms with Crippen molar-refractivity contribution in [3.8, 4) is 0 Å². The quantitative estimate of drug-likeness (QED) is 0.714. The molecule has 8 nitrogen and oxygen atoms in total. The molecule has 1 aliphatic heterocycles. The lowest BCUT2D eigenvalue weighted by molar-refractivity contribution is 0.0702. The van der Waals surface area contributed by atoms with Gasteiger partial charge in [-0.2, -0.15) is 0 Å². The standard InChI is InChI=1S/C17H26N4O4S/c1-4-21(13-8-11-26(24,25)12-13)17(23)15-7-5-6-14(19-15)16(22)18-9-10-20(2)3/h5-7,13H,4,8-12H2,1-3H3,(H,18,22). The summed E-state index contributed by atoms with van der Waals surface area (Å²) in [6.45, 7) is 3.37. The maximum atomic E-state index is 12.8. The van der Waals surface area contributed by atoms with Crippen LogP contribution in [0.15, 0.2) is 18.2 Å². The topological polar surface area (TPSA) is 99.7 Å². The molecule has 1 fully saturated rings. The van der Waals surface area contributed by atoms with Gasteiger partial charge in [-0.05, 0) is 39.6 Å². The molecule has 26 heavy (non-hydrogen) atoms. The molecular formula is C17H26N4O4S. The van der Waals surface area contributed by atoms with Crippen molar-refractivity contribution in [3.05, 3.63) is 29.6 Å². The van der Waals surface area contributed by atoms with Crippen LogP contribution >= 0.6 is 0 Å². The fraction of sp³-hybridized carbons (Fsp3) is 0.588. The molecule has 9 heteroatoms. The SMILES string of the molecule is CCN(C(=O)c1cccc(C(=O)NCCN(C)C)n1)C1CCS(=O)(=O)C1. The Labute approximate surface area is 154 Å². The molecule has 2 heterocycles. The molecule has 0 bridgehead atoms. The molecule has 1 N–H and O–H groups in total. The largest absolute Gasteiger partial charge is 0.349 e. The van der Waals surface area contributed by atoms with Crippen LogP contribution in [-0.4, -0.2) is 86.3 Å². The van der Waals surface area contributed by atoms with Crippen LogP contribution in [0.25, 0.3) is 0 Å². The first-order valence-electron chi connectivity index (χ1n) is 8.65. The zero-order valence-electron chi connectivity index (χ0n) is 15.4. The van der Waals surface area contributed by atoms with Crippen molar-refractivity contribution in [2.75, 3.05) is 45.2 Å². The van der Waals surface area contributed by atoms with Gasteiger partial charge in [0.25, 0.3) is 11.8 Å². The van der Waals surface area contributed by atoms with Crippen molar-refractivity contribution in [1.29, 1.82) is 0 Å². The van der Waals surface area contributed by atoms with Gasteiger partial charge in [-0.25, -0.2) is 13.4 Å². The number of hydrogen-bond acceptors (Lipinski definition) is 6. The lowest BCUT2D eigenvalue weighted by Crippen LogP contribution is -2.41. The van der Waals surface area contributed by atoms with E-state index in [0.717, 1.165) is 0 Å². The van der Waals surface area contributed by atoms with Crippen molar-refractivity contribution >= 4 is 21.7 Å². The van der Waals surface area contributed by atoms with Crippen LogP contribution in [0.4, 0.5) is 0 Å². The number of hydrogen-bond donors (Lipinski definition) is 1. The number of amides is 2. The van der Waals surface area contributed by atoms with Crippen LogP contribution in [0.3, 0.4) is 0 Å². The summed E-state index contributed by atoms with van der Waals surface area (Å²) < 4.78 is 23.4. The third kappa shape index (κ3) is 5.25. The molecule has 0 aromatic carbocycles. The van der Waals surface area contributed by atoms with Crippen LogP contribution in [0.1, 0.15) is 34.3 Å². The zero-order valence-corrected chi connectivity index (χ0v) is 16.3. The van der Waals surface area contributed by atoms with Gasteiger partial charge in [0.1, 0.15) is 11.4 Å². The average molecular weight is 382 g/mol. The smallest absolute Gasteiger partial charge is 0.272 e. The Kier molecular flexibility index (Phi) is 6.71. The van der Waals surface area contributed by atoms with Crippen LogP contribution in [0.5, 0.6) is 0 Å². The fourth-order valence-electron chi connectivity index (χ4n) is 2.90. The third-order valence-electron chi connectivity index (χ3n) is 4.30. The van der Waals surface area contributed by atoms with Crippen molar-refractivity contribution in [2.45, 2.75) is 19.4 Å². The third-order valence-corrected chi connectivity index (χ3v) is 6.05. The predicted octanol–water partition coefficient (Wildman–Crippen LogP) is 0.0222. The van der Waals surface area contributed by atoms with E-state index in [9.17, 15) is 18.0 Å². The summed E-state index contributed by atoms with van der Waals surface area (Å²) in [5.74, 6) is -0.606. The molecule has 2 amide bonds. The number of pyridine rings is 1. The van der Waals surface area contributed by atoms with Gasteiger partial charge in [-0.15, -0.1) is 0 Å². The number of carbonyl (C=O) groups excluding carboxylic acids is 2. The Bertz CT molecular complexity index is 764. The number of likely N-dealkylation sites (N-methyl/N-ethyl adjacent to an activating group) is 1. The van der Waals surface area contributed by atoms with Crippen molar-refractivity contribution < 1.29 is 18.0 Å². The van der Waals surface area contributed by atoms with E-state index < -0.39 is 9.84 Å². The maximum absolute atomic E-state index is 12.8. The first-order chi connectivity index (χ1) is 12.2. The molecule has 1 aromatic heterocycles. The van der Waals surface area contributed by atoms with Crippen LogP contribution < -0.4 is 5.32 Å². The second-order valence-corrected chi connectivity index (χ2v) is 8.84. The Morgan fingerprint density at radius 2 is 1.96 bits per heavy atom. The summed E-state index contributed by atoms with van der Waals surface area (Å²) in [6.07, 6.45) is 0.437. The molecule has 2 rings (SSSR count). The summed E-state index contributed by atoms with van der Waals surface area (Å²) >= 11 is 0. The highest BCUT2D eigenvalue weighted by atomic mass is 32.2. The van der Waals surface area contributed by atoms with E-state index >= 15 is 0 Å². The van der Waals surface area contributed by atoms with E-state index in [1.54, 1.807) is 25.1 Å². The second kappa shape index (κ2) is 8.59. The van der Waals surface area contributed by atoms with Gasteiger partial charge in [-0.3, -0.25) is 9.59 Å². The van der Waals surface area contributed by atoms with E-state index in [0.29, 0.717) is 26.1 Å². The van der Waals surface area contributed by atoms with Gasteiger partial charge in [0, 0.05) is 25.7 Å². The Morgan fingerprint density at radius 3 is 2.54 bits per heavy atom. The van der Waals surface area contributed by atoms with E-state index in [4.69, 9.17) is 0 Å². The molecule has 1 unspecified atom stereocenters. The van der Waals surface area contributed by atoms with Crippen molar-refractivity contribution in [3.63, 3.8) is 0 Å².